The highest BCUT2D eigenvalue weighted by Crippen LogP contribution is 2.43. The van der Waals surface area contributed by atoms with Crippen LogP contribution in [-0.4, -0.2) is 42.4 Å². The summed E-state index contributed by atoms with van der Waals surface area (Å²) in [6.45, 7) is 6.49. The van der Waals surface area contributed by atoms with E-state index in [1.165, 1.54) is 4.74 Å². The van der Waals surface area contributed by atoms with E-state index >= 15 is 0 Å². The third kappa shape index (κ3) is 6.46. The summed E-state index contributed by atoms with van der Waals surface area (Å²) in [5.74, 6) is 1.61. The Morgan fingerprint density at radius 3 is 1.94 bits per heavy atom. The van der Waals surface area contributed by atoms with Gasteiger partial charge in [0, 0.05) is 31.4 Å². The van der Waals surface area contributed by atoms with Crippen LogP contribution in [0.25, 0.3) is 11.1 Å². The average molecular weight is 677 g/mol. The molecule has 258 valence electrons. The summed E-state index contributed by atoms with van der Waals surface area (Å²) in [5.41, 5.74) is 4.56. The van der Waals surface area contributed by atoms with Crippen LogP contribution >= 0.6 is 0 Å². The maximum atomic E-state index is 14.4. The van der Waals surface area contributed by atoms with Gasteiger partial charge >= 0.3 is 5.97 Å². The monoisotopic (exact) mass is 676 g/mol. The normalized spacial score (nSPS) is 13.7. The van der Waals surface area contributed by atoms with Crippen molar-refractivity contribution in [1.82, 2.24) is 9.72 Å². The standard InChI is InChI=1S/C39H40N4O7/c1-7-32-35-31(37(44)43(32)28-15-13-27(14-16-28)34-24(3)50-41(4)38(34)45)21-33(40-36(35)39(46)49-8-2)42(22-25-9-17-29(47-5)18-10-25)23-26-11-19-30(48-6)20-12-26/h9-21,32H,7-8,22-23H2,1-6H3. The highest BCUT2D eigenvalue weighted by atomic mass is 16.5. The smallest absolute Gasteiger partial charge is 0.357 e. The lowest BCUT2D eigenvalue weighted by molar-refractivity contribution is 0.0517. The molecule has 0 bridgehead atoms. The van der Waals surface area contributed by atoms with Gasteiger partial charge in [0.15, 0.2) is 5.69 Å². The van der Waals surface area contributed by atoms with Gasteiger partial charge in [0.05, 0.1) is 38.0 Å². The van der Waals surface area contributed by atoms with Crippen LogP contribution in [0.2, 0.25) is 0 Å². The first-order chi connectivity index (χ1) is 24.2. The van der Waals surface area contributed by atoms with E-state index in [4.69, 9.17) is 23.7 Å². The Hall–Kier alpha value is -5.84. The fourth-order valence-corrected chi connectivity index (χ4v) is 6.49. The summed E-state index contributed by atoms with van der Waals surface area (Å²) < 4.78 is 22.9. The number of rotatable bonds is 12. The van der Waals surface area contributed by atoms with Gasteiger partial charge < -0.3 is 28.5 Å². The zero-order valence-electron chi connectivity index (χ0n) is 29.1. The van der Waals surface area contributed by atoms with Gasteiger partial charge in [0.25, 0.3) is 11.5 Å². The molecule has 0 saturated carbocycles. The second kappa shape index (κ2) is 14.3. The number of aromatic nitrogens is 2. The van der Waals surface area contributed by atoms with Crippen LogP contribution in [0.15, 0.2) is 88.2 Å². The van der Waals surface area contributed by atoms with Gasteiger partial charge in [-0.1, -0.05) is 43.3 Å². The molecule has 0 N–H and O–H groups in total. The molecule has 1 amide bonds. The number of hydrogen-bond donors (Lipinski definition) is 0. The van der Waals surface area contributed by atoms with E-state index in [-0.39, 0.29) is 23.8 Å². The van der Waals surface area contributed by atoms with Crippen LogP contribution < -0.4 is 24.8 Å². The van der Waals surface area contributed by atoms with Crippen molar-refractivity contribution < 1.29 is 28.3 Å². The number of ether oxygens (including phenoxy) is 3. The lowest BCUT2D eigenvalue weighted by atomic mass is 10.00. The first kappa shape index (κ1) is 34.0. The molecule has 6 rings (SSSR count). The van der Waals surface area contributed by atoms with Crippen LogP contribution in [0.1, 0.15) is 69.6 Å². The van der Waals surface area contributed by atoms with Gasteiger partial charge in [0.1, 0.15) is 23.1 Å². The largest absolute Gasteiger partial charge is 0.497 e. The zero-order valence-corrected chi connectivity index (χ0v) is 29.1. The number of aryl methyl sites for hydroxylation is 2. The first-order valence-electron chi connectivity index (χ1n) is 16.5. The third-order valence-corrected chi connectivity index (χ3v) is 8.94. The molecule has 50 heavy (non-hydrogen) atoms. The van der Waals surface area contributed by atoms with Gasteiger partial charge in [-0.2, -0.15) is 4.74 Å². The number of pyridine rings is 1. The minimum atomic E-state index is -0.589. The van der Waals surface area contributed by atoms with Crippen LogP contribution in [0, 0.1) is 6.92 Å². The van der Waals surface area contributed by atoms with Crippen molar-refractivity contribution in [2.75, 3.05) is 30.6 Å². The molecule has 2 aromatic heterocycles. The Morgan fingerprint density at radius 1 is 0.880 bits per heavy atom. The van der Waals surface area contributed by atoms with Gasteiger partial charge in [-0.3, -0.25) is 9.59 Å². The maximum Gasteiger partial charge on any atom is 0.357 e. The van der Waals surface area contributed by atoms with E-state index in [2.05, 4.69) is 0 Å². The maximum absolute atomic E-state index is 14.4. The second-order valence-electron chi connectivity index (χ2n) is 12.0. The average Bonchev–Trinajstić information content (AvgIpc) is 3.57. The highest BCUT2D eigenvalue weighted by Gasteiger charge is 2.42. The molecule has 3 aromatic carbocycles. The molecule has 1 aliphatic rings. The Balaban J connectivity index is 1.43. The molecule has 0 fully saturated rings. The minimum absolute atomic E-state index is 0.116. The second-order valence-corrected chi connectivity index (χ2v) is 12.0. The molecular formula is C39H40N4O7. The van der Waals surface area contributed by atoms with Gasteiger partial charge in [-0.15, -0.1) is 0 Å². The molecule has 0 aliphatic carbocycles. The summed E-state index contributed by atoms with van der Waals surface area (Å²) in [7, 11) is 4.81. The van der Waals surface area contributed by atoms with Crippen LogP contribution in [0.3, 0.4) is 0 Å². The Labute approximate surface area is 290 Å². The molecule has 0 spiro atoms. The first-order valence-corrected chi connectivity index (χ1v) is 16.5. The number of nitrogens with zero attached hydrogens (tertiary/aromatic N) is 4. The summed E-state index contributed by atoms with van der Waals surface area (Å²) in [4.78, 5) is 49.4. The number of amides is 1. The number of methoxy groups -OCH3 is 2. The van der Waals surface area contributed by atoms with Crippen molar-refractivity contribution in [1.29, 1.82) is 0 Å². The Kier molecular flexibility index (Phi) is 9.76. The van der Waals surface area contributed by atoms with E-state index in [1.54, 1.807) is 58.2 Å². The SMILES string of the molecule is CCOC(=O)c1nc(N(Cc2ccc(OC)cc2)Cc2ccc(OC)cc2)cc2c1C(CC)N(c1ccc(-c3c(C)on(C)c3=O)cc1)C2=O. The predicted molar refractivity (Wildman–Crippen MR) is 190 cm³/mol. The molecule has 1 atom stereocenters. The lowest BCUT2D eigenvalue weighted by Crippen LogP contribution is -2.27. The third-order valence-electron chi connectivity index (χ3n) is 8.94. The molecule has 0 saturated heterocycles. The van der Waals surface area contributed by atoms with Crippen molar-refractivity contribution in [3.8, 4) is 22.6 Å². The molecule has 11 nitrogen and oxygen atoms in total. The number of hydrogen-bond acceptors (Lipinski definition) is 9. The van der Waals surface area contributed by atoms with Crippen molar-refractivity contribution in [2.45, 2.75) is 46.3 Å². The highest BCUT2D eigenvalue weighted by molar-refractivity contribution is 6.13. The van der Waals surface area contributed by atoms with E-state index < -0.39 is 12.0 Å². The number of anilines is 2. The van der Waals surface area contributed by atoms with E-state index in [1.807, 2.05) is 72.5 Å². The summed E-state index contributed by atoms with van der Waals surface area (Å²) in [6, 6.07) is 24.0. The van der Waals surface area contributed by atoms with Crippen molar-refractivity contribution >= 4 is 23.4 Å². The molecule has 1 unspecified atom stereocenters. The fraction of sp³-hybridized carbons (Fsp3) is 0.282. The fourth-order valence-electron chi connectivity index (χ4n) is 6.49. The van der Waals surface area contributed by atoms with Crippen LogP contribution in [0.4, 0.5) is 11.5 Å². The van der Waals surface area contributed by atoms with Gasteiger partial charge in [0.2, 0.25) is 0 Å². The van der Waals surface area contributed by atoms with E-state index in [0.29, 0.717) is 59.0 Å². The minimum Gasteiger partial charge on any atom is -0.497 e. The van der Waals surface area contributed by atoms with Gasteiger partial charge in [-0.05, 0) is 79.4 Å². The van der Waals surface area contributed by atoms with Crippen molar-refractivity contribution in [2.24, 2.45) is 7.05 Å². The quantitative estimate of drug-likeness (QED) is 0.131. The molecule has 11 heteroatoms. The Bertz CT molecular complexity index is 2020. The van der Waals surface area contributed by atoms with E-state index in [0.717, 1.165) is 22.6 Å². The van der Waals surface area contributed by atoms with Crippen molar-refractivity contribution in [3.05, 3.63) is 123 Å². The number of fused-ring (bicyclic) bond motifs is 1. The van der Waals surface area contributed by atoms with Crippen molar-refractivity contribution in [3.63, 3.8) is 0 Å². The molecule has 3 heterocycles. The van der Waals surface area contributed by atoms with Gasteiger partial charge in [-0.25, -0.2) is 9.78 Å². The molecule has 0 radical (unpaired) electrons. The summed E-state index contributed by atoms with van der Waals surface area (Å²) in [5, 5.41) is 0. The van der Waals surface area contributed by atoms with Crippen LogP contribution in [0.5, 0.6) is 11.5 Å². The summed E-state index contributed by atoms with van der Waals surface area (Å²) >= 11 is 0. The predicted octanol–water partition coefficient (Wildman–Crippen LogP) is 6.86. The topological polar surface area (TPSA) is 116 Å². The number of carbonyl (C=O) groups is 2. The molecular weight excluding hydrogens is 636 g/mol. The molecule has 1 aliphatic heterocycles. The number of carbonyl (C=O) groups excluding carboxylic acids is 2. The summed E-state index contributed by atoms with van der Waals surface area (Å²) in [6.07, 6.45) is 0.525. The van der Waals surface area contributed by atoms with E-state index in [9.17, 15) is 14.4 Å². The van der Waals surface area contributed by atoms with Crippen LogP contribution in [-0.2, 0) is 24.9 Å². The Morgan fingerprint density at radius 2 is 1.46 bits per heavy atom. The molecule has 5 aromatic rings. The zero-order chi connectivity index (χ0) is 35.5. The number of esters is 1. The lowest BCUT2D eigenvalue weighted by Gasteiger charge is -2.26. The number of benzene rings is 3.